The van der Waals surface area contributed by atoms with E-state index < -0.39 is 51.7 Å². The zero-order valence-electron chi connectivity index (χ0n) is 10.7. The number of rotatable bonds is 6. The van der Waals surface area contributed by atoms with Gasteiger partial charge in [0.2, 0.25) is 12.0 Å². The molecule has 0 bridgehead atoms. The van der Waals surface area contributed by atoms with Gasteiger partial charge in [-0.25, -0.2) is 26.3 Å². The van der Waals surface area contributed by atoms with Crippen LogP contribution < -0.4 is 0 Å². The van der Waals surface area contributed by atoms with Crippen molar-refractivity contribution < 1.29 is 57.1 Å². The molecule has 3 unspecified atom stereocenters. The van der Waals surface area contributed by atoms with E-state index in [0.29, 0.717) is 0 Å². The van der Waals surface area contributed by atoms with Crippen molar-refractivity contribution in [2.45, 2.75) is 39.8 Å². The molecule has 150 valence electrons. The van der Waals surface area contributed by atoms with Gasteiger partial charge in [-0.05, 0) is 0 Å². The molecule has 0 nitrogen and oxygen atoms in total. The molecule has 0 heterocycles. The maximum absolute atomic E-state index is 13.8. The van der Waals surface area contributed by atoms with Crippen molar-refractivity contribution >= 4 is 34.8 Å². The van der Waals surface area contributed by atoms with Crippen LogP contribution in [0.15, 0.2) is 11.9 Å². The monoisotopic (exact) mass is 462 g/mol. The first-order valence-corrected chi connectivity index (χ1v) is 6.43. The lowest BCUT2D eigenvalue weighted by atomic mass is 9.84. The lowest BCUT2D eigenvalue weighted by Gasteiger charge is -2.42. The Bertz CT molecular complexity index is 518. The zero-order valence-corrected chi connectivity index (χ0v) is 13.0. The third-order valence-electron chi connectivity index (χ3n) is 2.64. The van der Waals surface area contributed by atoms with Crippen LogP contribution in [-0.4, -0.2) is 39.8 Å². The van der Waals surface area contributed by atoms with E-state index in [1.165, 1.54) is 0 Å². The number of alkyl halides is 13. The Morgan fingerprint density at radius 1 is 0.720 bits per heavy atom. The van der Waals surface area contributed by atoms with Crippen molar-refractivity contribution in [1.29, 1.82) is 0 Å². The molecule has 0 aliphatic rings. The molecule has 0 aromatic rings. The second kappa shape index (κ2) is 7.02. The topological polar surface area (TPSA) is 0 Å². The first-order chi connectivity index (χ1) is 10.7. The van der Waals surface area contributed by atoms with Crippen molar-refractivity contribution in [3.8, 4) is 0 Å². The summed E-state index contributed by atoms with van der Waals surface area (Å²) in [5, 5.41) is -4.43. The van der Waals surface area contributed by atoms with E-state index in [-0.39, 0.29) is 0 Å². The maximum atomic E-state index is 13.8. The fraction of sp³-hybridized carbons (Fsp3) is 0.778. The van der Waals surface area contributed by atoms with E-state index in [0.717, 1.165) is 0 Å². The van der Waals surface area contributed by atoms with Crippen molar-refractivity contribution in [1.82, 2.24) is 0 Å². The number of halogens is 16. The molecule has 0 saturated heterocycles. The molecule has 0 aromatic heterocycles. The summed E-state index contributed by atoms with van der Waals surface area (Å²) in [6.45, 7) is 0. The highest BCUT2D eigenvalue weighted by atomic mass is 35.5. The summed E-state index contributed by atoms with van der Waals surface area (Å²) >= 11 is 12.9. The van der Waals surface area contributed by atoms with E-state index in [2.05, 4.69) is 34.8 Å². The van der Waals surface area contributed by atoms with Crippen LogP contribution in [-0.2, 0) is 0 Å². The molecule has 3 atom stereocenters. The van der Waals surface area contributed by atoms with Gasteiger partial charge in [-0.1, -0.05) is 23.2 Å². The quantitative estimate of drug-likeness (QED) is 0.306. The van der Waals surface area contributed by atoms with Gasteiger partial charge in [0.05, 0.1) is 0 Å². The van der Waals surface area contributed by atoms with Crippen LogP contribution in [0.5, 0.6) is 0 Å². The predicted octanol–water partition coefficient (Wildman–Crippen LogP) is 6.65. The molecule has 16 heteroatoms. The minimum absolute atomic E-state index is 3.97. The Labute approximate surface area is 144 Å². The summed E-state index contributed by atoms with van der Waals surface area (Å²) in [6, 6.07) is 0. The van der Waals surface area contributed by atoms with Gasteiger partial charge in [-0.2, -0.15) is 30.7 Å². The Hall–Kier alpha value is -0.300. The summed E-state index contributed by atoms with van der Waals surface area (Å²) in [4.78, 5) is 0. The number of hydrogen-bond acceptors (Lipinski definition) is 0. The minimum Gasteiger partial charge on any atom is -0.233 e. The predicted molar refractivity (Wildman–Crippen MR) is 60.2 cm³/mol. The fourth-order valence-electron chi connectivity index (χ4n) is 1.41. The fourth-order valence-corrected chi connectivity index (χ4v) is 1.83. The average molecular weight is 463 g/mol. The lowest BCUT2D eigenvalue weighted by molar-refractivity contribution is -0.375. The SMILES string of the molecule is FC(F)=C(F)C(F)C(F)(F)C(F)(C(F)(F)F)C(F)(F)C(Cl)C(F)(Cl)Cl. The molecule has 0 aliphatic carbocycles. The van der Waals surface area contributed by atoms with Gasteiger partial charge < -0.3 is 0 Å². The van der Waals surface area contributed by atoms with Gasteiger partial charge in [-0.15, -0.1) is 11.6 Å². The Morgan fingerprint density at radius 3 is 1.32 bits per heavy atom. The van der Waals surface area contributed by atoms with Crippen LogP contribution in [0.1, 0.15) is 0 Å². The summed E-state index contributed by atoms with van der Waals surface area (Å²) in [6.07, 6.45) is -17.0. The van der Waals surface area contributed by atoms with Gasteiger partial charge in [0, 0.05) is 0 Å². The van der Waals surface area contributed by atoms with Gasteiger partial charge in [-0.3, -0.25) is 0 Å². The van der Waals surface area contributed by atoms with Gasteiger partial charge in [0.25, 0.3) is 4.59 Å². The smallest absolute Gasteiger partial charge is 0.233 e. The third kappa shape index (κ3) is 4.02. The standard InChI is InChI=1S/C9H2Cl3F13/c10-4(7(11,12)21)6(19,20)8(22,9(23,24)25)5(17,18)2(14)1(13)3(15)16/h2,4H. The molecule has 0 spiro atoms. The summed E-state index contributed by atoms with van der Waals surface area (Å²) < 4.78 is 163. The Morgan fingerprint density at radius 2 is 1.08 bits per heavy atom. The molecule has 0 rings (SSSR count). The molecule has 0 aromatic carbocycles. The van der Waals surface area contributed by atoms with Crippen LogP contribution in [0.25, 0.3) is 0 Å². The molecule has 0 radical (unpaired) electrons. The molecular formula is C9H2Cl3F13. The molecule has 0 aliphatic heterocycles. The van der Waals surface area contributed by atoms with Crippen molar-refractivity contribution in [2.75, 3.05) is 0 Å². The number of allylic oxidation sites excluding steroid dienone is 1. The summed E-state index contributed by atoms with van der Waals surface area (Å²) in [5.41, 5.74) is -7.49. The molecule has 0 amide bonds. The van der Waals surface area contributed by atoms with Crippen LogP contribution in [0.4, 0.5) is 57.1 Å². The molecule has 0 fully saturated rings. The normalized spacial score (nSPS) is 19.2. The second-order valence-corrected chi connectivity index (χ2v) is 6.01. The van der Waals surface area contributed by atoms with Crippen LogP contribution in [0.3, 0.4) is 0 Å². The van der Waals surface area contributed by atoms with Crippen molar-refractivity contribution in [3.05, 3.63) is 11.9 Å². The largest absolute Gasteiger partial charge is 0.434 e. The van der Waals surface area contributed by atoms with Crippen LogP contribution in [0, 0.1) is 0 Å². The van der Waals surface area contributed by atoms with E-state index in [4.69, 9.17) is 0 Å². The lowest BCUT2D eigenvalue weighted by Crippen LogP contribution is -2.72. The molecule has 25 heavy (non-hydrogen) atoms. The number of hydrogen-bond donors (Lipinski definition) is 0. The first-order valence-electron chi connectivity index (χ1n) is 5.24. The maximum Gasteiger partial charge on any atom is 0.434 e. The van der Waals surface area contributed by atoms with Gasteiger partial charge in [0.15, 0.2) is 5.38 Å². The van der Waals surface area contributed by atoms with Gasteiger partial charge >= 0.3 is 29.8 Å². The van der Waals surface area contributed by atoms with E-state index in [1.807, 2.05) is 0 Å². The van der Waals surface area contributed by atoms with Crippen molar-refractivity contribution in [3.63, 3.8) is 0 Å². The zero-order chi connectivity index (χ0) is 20.8. The Balaban J connectivity index is 6.68. The highest BCUT2D eigenvalue weighted by Gasteiger charge is 2.87. The third-order valence-corrected chi connectivity index (χ3v) is 3.87. The molecule has 0 saturated carbocycles. The van der Waals surface area contributed by atoms with Crippen LogP contribution >= 0.6 is 34.8 Å². The van der Waals surface area contributed by atoms with Gasteiger partial charge in [0.1, 0.15) is 0 Å². The average Bonchev–Trinajstić information content (AvgIpc) is 2.40. The minimum atomic E-state index is -7.49. The van der Waals surface area contributed by atoms with E-state index in [9.17, 15) is 57.1 Å². The van der Waals surface area contributed by atoms with Crippen molar-refractivity contribution in [2.24, 2.45) is 0 Å². The Kier molecular flexibility index (Phi) is 6.94. The summed E-state index contributed by atoms with van der Waals surface area (Å²) in [7, 11) is 0. The van der Waals surface area contributed by atoms with E-state index in [1.54, 1.807) is 0 Å². The van der Waals surface area contributed by atoms with E-state index >= 15 is 0 Å². The highest BCUT2D eigenvalue weighted by Crippen LogP contribution is 2.60. The summed E-state index contributed by atoms with van der Waals surface area (Å²) in [5.74, 6) is -18.1. The second-order valence-electron chi connectivity index (χ2n) is 4.28. The first kappa shape index (κ1) is 24.7. The molecular weight excluding hydrogens is 461 g/mol. The molecule has 0 N–H and O–H groups in total. The van der Waals surface area contributed by atoms with Crippen LogP contribution in [0.2, 0.25) is 0 Å². The highest BCUT2D eigenvalue weighted by molar-refractivity contribution is 6.51.